The van der Waals surface area contributed by atoms with Crippen molar-refractivity contribution in [1.29, 1.82) is 0 Å². The van der Waals surface area contributed by atoms with E-state index in [4.69, 9.17) is 0 Å². The number of nitrogens with one attached hydrogen (secondary N) is 1. The van der Waals surface area contributed by atoms with Crippen LogP contribution in [0.5, 0.6) is 0 Å². The van der Waals surface area contributed by atoms with Crippen LogP contribution in [-0.2, 0) is 16.6 Å². The fraction of sp³-hybridized carbons (Fsp3) is 0.0952. The molecule has 1 amide bonds. The molecule has 1 N–H and O–H groups in total. The fourth-order valence-corrected chi connectivity index (χ4v) is 4.94. The Morgan fingerprint density at radius 3 is 2.50 bits per heavy atom. The largest absolute Gasteiger partial charge is 0.337 e. The molecule has 0 bridgehead atoms. The fourth-order valence-electron chi connectivity index (χ4n) is 3.09. The third kappa shape index (κ3) is 4.03. The number of hydrogen-bond acceptors (Lipinski definition) is 6. The average Bonchev–Trinajstić information content (AvgIpc) is 3.23. The number of hydrogen-bond donors (Lipinski definition) is 1. The molecule has 30 heavy (non-hydrogen) atoms. The molecule has 4 aromatic rings. The summed E-state index contributed by atoms with van der Waals surface area (Å²) in [6.45, 7) is 0.407. The highest BCUT2D eigenvalue weighted by Gasteiger charge is 2.23. The van der Waals surface area contributed by atoms with E-state index in [0.717, 1.165) is 17.3 Å². The van der Waals surface area contributed by atoms with Crippen LogP contribution in [0.15, 0.2) is 77.7 Å². The van der Waals surface area contributed by atoms with Crippen LogP contribution in [0.1, 0.15) is 15.9 Å². The average molecular weight is 439 g/mol. The van der Waals surface area contributed by atoms with Crippen LogP contribution in [-0.4, -0.2) is 35.0 Å². The lowest BCUT2D eigenvalue weighted by Crippen LogP contribution is -2.27. The molecule has 7 nitrogen and oxygen atoms in total. The number of sulfonamides is 1. The van der Waals surface area contributed by atoms with Gasteiger partial charge in [-0.25, -0.2) is 8.42 Å². The van der Waals surface area contributed by atoms with Crippen LogP contribution < -0.4 is 4.72 Å². The van der Waals surface area contributed by atoms with Gasteiger partial charge < -0.3 is 4.90 Å². The van der Waals surface area contributed by atoms with Gasteiger partial charge in [-0.1, -0.05) is 48.5 Å². The monoisotopic (exact) mass is 438 g/mol. The summed E-state index contributed by atoms with van der Waals surface area (Å²) in [6.07, 6.45) is 0. The highest BCUT2D eigenvalue weighted by Crippen LogP contribution is 2.26. The molecule has 0 aliphatic heterocycles. The standard InChI is InChI=1S/C21H18N4O3S2/c1-25(14-15-8-3-2-4-9-15)21(26)16-10-5-6-11-17(16)24-30(27,28)19-13-7-12-18-20(19)23-29-22-18/h2-13,24H,14H2,1H3. The molecule has 9 heteroatoms. The Kier molecular flexibility index (Phi) is 5.47. The van der Waals surface area contributed by atoms with Gasteiger partial charge in [0.25, 0.3) is 15.9 Å². The second-order valence-corrected chi connectivity index (χ2v) is 8.87. The van der Waals surface area contributed by atoms with Gasteiger partial charge in [-0.2, -0.15) is 8.75 Å². The molecule has 0 atom stereocenters. The number of nitrogens with zero attached hydrogens (tertiary/aromatic N) is 3. The highest BCUT2D eigenvalue weighted by atomic mass is 32.2. The number of anilines is 1. The highest BCUT2D eigenvalue weighted by molar-refractivity contribution is 7.93. The minimum atomic E-state index is -3.97. The Morgan fingerprint density at radius 2 is 1.70 bits per heavy atom. The molecule has 0 aliphatic carbocycles. The molecule has 0 aliphatic rings. The van der Waals surface area contributed by atoms with Crippen LogP contribution in [0.3, 0.4) is 0 Å². The van der Waals surface area contributed by atoms with Gasteiger partial charge in [0.1, 0.15) is 15.9 Å². The normalized spacial score (nSPS) is 11.4. The van der Waals surface area contributed by atoms with Crippen molar-refractivity contribution in [3.05, 3.63) is 83.9 Å². The maximum atomic E-state index is 13.1. The van der Waals surface area contributed by atoms with Crippen LogP contribution in [0.4, 0.5) is 5.69 Å². The molecule has 0 fully saturated rings. The van der Waals surface area contributed by atoms with Gasteiger partial charge in [-0.05, 0) is 29.8 Å². The summed E-state index contributed by atoms with van der Waals surface area (Å²) >= 11 is 0.949. The number of rotatable bonds is 6. The van der Waals surface area contributed by atoms with E-state index in [2.05, 4.69) is 13.5 Å². The van der Waals surface area contributed by atoms with Gasteiger partial charge in [-0.3, -0.25) is 9.52 Å². The maximum Gasteiger partial charge on any atom is 0.264 e. The number of amides is 1. The summed E-state index contributed by atoms with van der Waals surface area (Å²) in [7, 11) is -2.28. The predicted molar refractivity (Wildman–Crippen MR) is 117 cm³/mol. The Balaban J connectivity index is 1.63. The molecule has 0 unspecified atom stereocenters. The van der Waals surface area contributed by atoms with Crippen molar-refractivity contribution in [2.24, 2.45) is 0 Å². The van der Waals surface area contributed by atoms with Gasteiger partial charge in [0.15, 0.2) is 0 Å². The van der Waals surface area contributed by atoms with E-state index in [0.29, 0.717) is 17.6 Å². The number of fused-ring (bicyclic) bond motifs is 1. The number of carbonyl (C=O) groups is 1. The smallest absolute Gasteiger partial charge is 0.264 e. The number of para-hydroxylation sites is 1. The zero-order valence-electron chi connectivity index (χ0n) is 16.0. The lowest BCUT2D eigenvalue weighted by molar-refractivity contribution is 0.0786. The summed E-state index contributed by atoms with van der Waals surface area (Å²) in [5, 5.41) is 0. The van der Waals surface area contributed by atoms with Crippen LogP contribution >= 0.6 is 11.7 Å². The minimum absolute atomic E-state index is 0.0219. The van der Waals surface area contributed by atoms with E-state index in [1.807, 2.05) is 30.3 Å². The Hall–Kier alpha value is -3.30. The molecule has 0 radical (unpaired) electrons. The van der Waals surface area contributed by atoms with Crippen LogP contribution in [0.25, 0.3) is 11.0 Å². The van der Waals surface area contributed by atoms with Crippen molar-refractivity contribution in [2.75, 3.05) is 11.8 Å². The quantitative estimate of drug-likeness (QED) is 0.495. The molecular formula is C21H18N4O3S2. The van der Waals surface area contributed by atoms with Gasteiger partial charge in [0.05, 0.1) is 23.0 Å². The van der Waals surface area contributed by atoms with Crippen molar-refractivity contribution < 1.29 is 13.2 Å². The first kappa shape index (κ1) is 20.0. The molecule has 0 spiro atoms. The predicted octanol–water partition coefficient (Wildman–Crippen LogP) is 3.76. The van der Waals surface area contributed by atoms with Crippen molar-refractivity contribution in [1.82, 2.24) is 13.6 Å². The van der Waals surface area contributed by atoms with E-state index in [1.165, 1.54) is 6.07 Å². The van der Waals surface area contributed by atoms with Gasteiger partial charge in [0.2, 0.25) is 0 Å². The minimum Gasteiger partial charge on any atom is -0.337 e. The summed E-state index contributed by atoms with van der Waals surface area (Å²) in [5.74, 6) is -0.286. The first-order valence-electron chi connectivity index (χ1n) is 9.08. The lowest BCUT2D eigenvalue weighted by Gasteiger charge is -2.19. The molecule has 3 aromatic carbocycles. The van der Waals surface area contributed by atoms with Crippen molar-refractivity contribution in [2.45, 2.75) is 11.4 Å². The van der Waals surface area contributed by atoms with E-state index >= 15 is 0 Å². The molecular weight excluding hydrogens is 420 g/mol. The van der Waals surface area contributed by atoms with Crippen LogP contribution in [0, 0.1) is 0 Å². The molecule has 1 aromatic heterocycles. The van der Waals surface area contributed by atoms with Crippen LogP contribution in [0.2, 0.25) is 0 Å². The first-order valence-corrected chi connectivity index (χ1v) is 11.3. The molecule has 1 heterocycles. The summed E-state index contributed by atoms with van der Waals surface area (Å²) in [4.78, 5) is 14.6. The molecule has 0 saturated heterocycles. The third-order valence-electron chi connectivity index (χ3n) is 4.55. The van der Waals surface area contributed by atoms with E-state index in [9.17, 15) is 13.2 Å². The Morgan fingerprint density at radius 1 is 0.967 bits per heavy atom. The van der Waals surface area contributed by atoms with Crippen molar-refractivity contribution >= 4 is 44.4 Å². The number of carbonyl (C=O) groups excluding carboxylic acids is 1. The first-order chi connectivity index (χ1) is 14.5. The third-order valence-corrected chi connectivity index (χ3v) is 6.49. The number of aromatic nitrogens is 2. The molecule has 152 valence electrons. The van der Waals surface area contributed by atoms with Crippen molar-refractivity contribution in [3.63, 3.8) is 0 Å². The molecule has 4 rings (SSSR count). The molecule has 0 saturated carbocycles. The zero-order valence-corrected chi connectivity index (χ0v) is 17.7. The summed E-state index contributed by atoms with van der Waals surface area (Å²) in [6, 6.07) is 20.9. The van der Waals surface area contributed by atoms with Gasteiger partial charge in [-0.15, -0.1) is 0 Å². The SMILES string of the molecule is CN(Cc1ccccc1)C(=O)c1ccccc1NS(=O)(=O)c1cccc2nsnc12. The van der Waals surface area contributed by atoms with Gasteiger partial charge >= 0.3 is 0 Å². The summed E-state index contributed by atoms with van der Waals surface area (Å²) < 4.78 is 36.8. The lowest BCUT2D eigenvalue weighted by atomic mass is 10.1. The zero-order chi connectivity index (χ0) is 21.1. The summed E-state index contributed by atoms with van der Waals surface area (Å²) in [5.41, 5.74) is 2.27. The van der Waals surface area contributed by atoms with E-state index < -0.39 is 10.0 Å². The topological polar surface area (TPSA) is 92.3 Å². The Bertz CT molecular complexity index is 1300. The van der Waals surface area contributed by atoms with Gasteiger partial charge in [0, 0.05) is 13.6 Å². The maximum absolute atomic E-state index is 13.1. The second kappa shape index (κ2) is 8.21. The van der Waals surface area contributed by atoms with Crippen molar-refractivity contribution in [3.8, 4) is 0 Å². The Labute approximate surface area is 178 Å². The number of benzene rings is 3. The van der Waals surface area contributed by atoms with E-state index in [1.54, 1.807) is 48.3 Å². The van der Waals surface area contributed by atoms with E-state index in [-0.39, 0.29) is 22.1 Å². The second-order valence-electron chi connectivity index (χ2n) is 6.69.